The van der Waals surface area contributed by atoms with E-state index in [9.17, 15) is 24.8 Å². The van der Waals surface area contributed by atoms with Crippen LogP contribution in [0, 0.1) is 17.0 Å². The number of aryl methyl sites for hydroxylation is 1. The summed E-state index contributed by atoms with van der Waals surface area (Å²) in [6.45, 7) is 1.82. The number of hydrazone groups is 1. The fourth-order valence-corrected chi connectivity index (χ4v) is 3.05. The zero-order chi connectivity index (χ0) is 23.3. The van der Waals surface area contributed by atoms with Crippen molar-refractivity contribution in [1.82, 2.24) is 5.43 Å². The number of phenolic OH excluding ortho intramolecular Hbond substituents is 1. The fourth-order valence-electron chi connectivity index (χ4n) is 2.83. The molecule has 32 heavy (non-hydrogen) atoms. The van der Waals surface area contributed by atoms with Gasteiger partial charge in [-0.1, -0.05) is 35.9 Å². The Morgan fingerprint density at radius 2 is 1.84 bits per heavy atom. The maximum Gasteiger partial charge on any atom is 0.312 e. The number of aromatic hydroxyl groups is 1. The van der Waals surface area contributed by atoms with Gasteiger partial charge in [0.05, 0.1) is 11.1 Å². The molecular weight excluding hydrogens is 436 g/mol. The molecule has 3 aromatic carbocycles. The number of hydrogen-bond donors (Lipinski definition) is 3. The number of amides is 2. The quantitative estimate of drug-likeness (QED) is 0.291. The van der Waals surface area contributed by atoms with Crippen LogP contribution in [0.1, 0.15) is 31.8 Å². The summed E-state index contributed by atoms with van der Waals surface area (Å²) in [5, 5.41) is 27.4. The summed E-state index contributed by atoms with van der Waals surface area (Å²) in [5.41, 5.74) is 3.60. The molecule has 0 radical (unpaired) electrons. The second-order valence-electron chi connectivity index (χ2n) is 6.67. The van der Waals surface area contributed by atoms with E-state index in [0.29, 0.717) is 11.3 Å². The van der Waals surface area contributed by atoms with E-state index in [2.05, 4.69) is 15.8 Å². The van der Waals surface area contributed by atoms with Gasteiger partial charge in [-0.25, -0.2) is 5.43 Å². The van der Waals surface area contributed by atoms with E-state index in [0.717, 1.165) is 17.8 Å². The molecule has 0 saturated heterocycles. The third-order valence-corrected chi connectivity index (χ3v) is 4.64. The Morgan fingerprint density at radius 3 is 2.56 bits per heavy atom. The van der Waals surface area contributed by atoms with Crippen molar-refractivity contribution < 1.29 is 19.6 Å². The highest BCUT2D eigenvalue weighted by atomic mass is 35.5. The van der Waals surface area contributed by atoms with Crippen LogP contribution in [0.5, 0.6) is 5.75 Å². The molecule has 0 aliphatic carbocycles. The monoisotopic (exact) mass is 452 g/mol. The number of anilines is 1. The molecule has 0 saturated carbocycles. The number of carbonyl (C=O) groups is 2. The van der Waals surface area contributed by atoms with Crippen LogP contribution < -0.4 is 10.7 Å². The Balaban J connectivity index is 1.71. The molecule has 0 heterocycles. The molecule has 0 fully saturated rings. The number of nitrogens with zero attached hydrogens (tertiary/aromatic N) is 2. The average Bonchev–Trinajstić information content (AvgIpc) is 2.76. The second kappa shape index (κ2) is 9.71. The molecule has 9 nitrogen and oxygen atoms in total. The molecule has 0 unspecified atom stereocenters. The molecule has 0 aliphatic rings. The number of benzene rings is 3. The van der Waals surface area contributed by atoms with Crippen molar-refractivity contribution in [1.29, 1.82) is 0 Å². The zero-order valence-electron chi connectivity index (χ0n) is 16.7. The standard InChI is InChI=1S/C22H17ClN4O5/c1-13-5-2-3-8-18(13)22(30)25-17-7-4-6-14(10-17)21(29)26-24-12-15-9-16(23)11-19(20(15)28)27(31)32/h2-12,28H,1H3,(H,25,30)(H,26,29)/b24-12+. The van der Waals surface area contributed by atoms with Crippen LogP contribution in [0.4, 0.5) is 11.4 Å². The molecular formula is C22H17ClN4O5. The lowest BCUT2D eigenvalue weighted by molar-refractivity contribution is -0.385. The normalized spacial score (nSPS) is 10.7. The third kappa shape index (κ3) is 5.27. The Kier molecular flexibility index (Phi) is 6.81. The number of hydrogen-bond acceptors (Lipinski definition) is 6. The third-order valence-electron chi connectivity index (χ3n) is 4.42. The largest absolute Gasteiger partial charge is 0.502 e. The molecule has 10 heteroatoms. The topological polar surface area (TPSA) is 134 Å². The number of halogens is 1. The van der Waals surface area contributed by atoms with Crippen LogP contribution in [0.25, 0.3) is 0 Å². The lowest BCUT2D eigenvalue weighted by Gasteiger charge is -2.08. The van der Waals surface area contributed by atoms with Gasteiger partial charge in [-0.15, -0.1) is 0 Å². The Labute approximate surface area is 187 Å². The van der Waals surface area contributed by atoms with Gasteiger partial charge in [-0.2, -0.15) is 5.10 Å². The molecule has 0 bridgehead atoms. The maximum atomic E-state index is 12.5. The minimum atomic E-state index is -0.784. The van der Waals surface area contributed by atoms with Crippen molar-refractivity contribution in [3.63, 3.8) is 0 Å². The summed E-state index contributed by atoms with van der Waals surface area (Å²) in [7, 11) is 0. The number of phenols is 1. The number of nitrogens with one attached hydrogen (secondary N) is 2. The van der Waals surface area contributed by atoms with Gasteiger partial charge in [0.2, 0.25) is 5.75 Å². The van der Waals surface area contributed by atoms with Crippen LogP contribution in [-0.4, -0.2) is 28.1 Å². The predicted molar refractivity (Wildman–Crippen MR) is 120 cm³/mol. The molecule has 0 atom stereocenters. The smallest absolute Gasteiger partial charge is 0.312 e. The average molecular weight is 453 g/mol. The molecule has 3 rings (SSSR count). The first-order valence-corrected chi connectivity index (χ1v) is 9.61. The van der Waals surface area contributed by atoms with Gasteiger partial charge in [-0.3, -0.25) is 19.7 Å². The first-order chi connectivity index (χ1) is 15.3. The van der Waals surface area contributed by atoms with E-state index < -0.39 is 22.3 Å². The van der Waals surface area contributed by atoms with Gasteiger partial charge in [0.15, 0.2) is 0 Å². The molecule has 0 aromatic heterocycles. The van der Waals surface area contributed by atoms with Gasteiger partial charge in [0.25, 0.3) is 11.8 Å². The Bertz CT molecular complexity index is 1240. The highest BCUT2D eigenvalue weighted by Gasteiger charge is 2.18. The number of carbonyl (C=O) groups excluding carboxylic acids is 2. The number of nitro benzene ring substituents is 1. The van der Waals surface area contributed by atoms with Crippen LogP contribution in [0.2, 0.25) is 5.02 Å². The summed E-state index contributed by atoms with van der Waals surface area (Å²) in [5.74, 6) is -1.53. The Morgan fingerprint density at radius 1 is 1.09 bits per heavy atom. The lowest BCUT2D eigenvalue weighted by Crippen LogP contribution is -2.18. The SMILES string of the molecule is Cc1ccccc1C(=O)Nc1cccc(C(=O)N/N=C/c2cc(Cl)cc([N+](=O)[O-])c2O)c1. The zero-order valence-corrected chi connectivity index (χ0v) is 17.5. The summed E-state index contributed by atoms with van der Waals surface area (Å²) in [6.07, 6.45) is 1.04. The van der Waals surface area contributed by atoms with E-state index in [4.69, 9.17) is 11.6 Å². The summed E-state index contributed by atoms with van der Waals surface area (Å²) >= 11 is 5.82. The number of nitro groups is 1. The highest BCUT2D eigenvalue weighted by molar-refractivity contribution is 6.31. The van der Waals surface area contributed by atoms with Crippen LogP contribution in [0.15, 0.2) is 65.8 Å². The molecule has 3 N–H and O–H groups in total. The van der Waals surface area contributed by atoms with Gasteiger partial charge in [-0.05, 0) is 42.8 Å². The van der Waals surface area contributed by atoms with Crippen molar-refractivity contribution in [2.45, 2.75) is 6.92 Å². The number of rotatable bonds is 6. The van der Waals surface area contributed by atoms with Crippen molar-refractivity contribution in [2.24, 2.45) is 5.10 Å². The van der Waals surface area contributed by atoms with Crippen LogP contribution in [0.3, 0.4) is 0 Å². The van der Waals surface area contributed by atoms with Crippen LogP contribution >= 0.6 is 11.6 Å². The molecule has 2 amide bonds. The van der Waals surface area contributed by atoms with E-state index in [1.807, 2.05) is 19.1 Å². The minimum Gasteiger partial charge on any atom is -0.502 e. The molecule has 0 spiro atoms. The fraction of sp³-hybridized carbons (Fsp3) is 0.0455. The van der Waals surface area contributed by atoms with Gasteiger partial charge < -0.3 is 10.4 Å². The van der Waals surface area contributed by atoms with E-state index >= 15 is 0 Å². The Hall–Kier alpha value is -4.24. The van der Waals surface area contributed by atoms with Crippen LogP contribution in [-0.2, 0) is 0 Å². The summed E-state index contributed by atoms with van der Waals surface area (Å²) in [6, 6.07) is 15.6. The summed E-state index contributed by atoms with van der Waals surface area (Å²) in [4.78, 5) is 35.0. The predicted octanol–water partition coefficient (Wildman–Crippen LogP) is 4.28. The van der Waals surface area contributed by atoms with E-state index in [1.54, 1.807) is 24.3 Å². The highest BCUT2D eigenvalue weighted by Crippen LogP contribution is 2.32. The van der Waals surface area contributed by atoms with Gasteiger partial charge in [0, 0.05) is 33.5 Å². The lowest BCUT2D eigenvalue weighted by atomic mass is 10.1. The molecule has 162 valence electrons. The van der Waals surface area contributed by atoms with E-state index in [1.165, 1.54) is 18.2 Å². The van der Waals surface area contributed by atoms with E-state index in [-0.39, 0.29) is 22.1 Å². The van der Waals surface area contributed by atoms with Crippen molar-refractivity contribution in [2.75, 3.05) is 5.32 Å². The van der Waals surface area contributed by atoms with Crippen molar-refractivity contribution >= 4 is 41.0 Å². The summed E-state index contributed by atoms with van der Waals surface area (Å²) < 4.78 is 0. The van der Waals surface area contributed by atoms with Gasteiger partial charge in [0.1, 0.15) is 0 Å². The minimum absolute atomic E-state index is 0.0272. The van der Waals surface area contributed by atoms with Crippen molar-refractivity contribution in [3.05, 3.63) is 98.1 Å². The first-order valence-electron chi connectivity index (χ1n) is 9.23. The molecule has 3 aromatic rings. The maximum absolute atomic E-state index is 12.5. The van der Waals surface area contributed by atoms with Crippen molar-refractivity contribution in [3.8, 4) is 5.75 Å². The first kappa shape index (κ1) is 22.4. The molecule has 0 aliphatic heterocycles. The van der Waals surface area contributed by atoms with Gasteiger partial charge >= 0.3 is 5.69 Å². The second-order valence-corrected chi connectivity index (χ2v) is 7.11.